The molecular weight excluding hydrogens is 253 g/mol. The number of ether oxygens (including phenoxy) is 1. The number of nitrogens with zero attached hydrogens (tertiary/aromatic N) is 1. The lowest BCUT2D eigenvalue weighted by Crippen LogP contribution is -2.27. The molecule has 2 nitrogen and oxygen atoms in total. The smallest absolute Gasteiger partial charge is 0.123 e. The van der Waals surface area contributed by atoms with Crippen molar-refractivity contribution in [1.29, 1.82) is 0 Å². The van der Waals surface area contributed by atoms with Crippen LogP contribution in [-0.2, 0) is 0 Å². The van der Waals surface area contributed by atoms with Crippen LogP contribution >= 0.6 is 0 Å². The van der Waals surface area contributed by atoms with Crippen LogP contribution in [0.25, 0.3) is 0 Å². The van der Waals surface area contributed by atoms with Crippen molar-refractivity contribution in [2.75, 3.05) is 20.2 Å². The fourth-order valence-electron chi connectivity index (χ4n) is 2.02. The van der Waals surface area contributed by atoms with Crippen LogP contribution < -0.4 is 4.74 Å². The van der Waals surface area contributed by atoms with Gasteiger partial charge in [0, 0.05) is 12.6 Å². The Balaban J connectivity index is 1.80. The van der Waals surface area contributed by atoms with Crippen LogP contribution in [0.1, 0.15) is 18.5 Å². The van der Waals surface area contributed by atoms with Crippen LogP contribution in [-0.4, -0.2) is 25.1 Å². The monoisotopic (exact) mass is 273 g/mol. The summed E-state index contributed by atoms with van der Waals surface area (Å²) in [5.41, 5.74) is 1.29. The topological polar surface area (TPSA) is 12.5 Å². The van der Waals surface area contributed by atoms with E-state index in [1.807, 2.05) is 6.07 Å². The van der Waals surface area contributed by atoms with Crippen molar-refractivity contribution in [3.63, 3.8) is 0 Å². The molecule has 0 saturated carbocycles. The summed E-state index contributed by atoms with van der Waals surface area (Å²) >= 11 is 0. The largest absolute Gasteiger partial charge is 0.492 e. The highest BCUT2D eigenvalue weighted by Crippen LogP contribution is 2.18. The van der Waals surface area contributed by atoms with E-state index in [1.165, 1.54) is 17.7 Å². The minimum atomic E-state index is -0.243. The Hall–Kier alpha value is -1.87. The molecule has 1 atom stereocenters. The summed E-state index contributed by atoms with van der Waals surface area (Å²) in [7, 11) is 2.08. The van der Waals surface area contributed by atoms with Crippen LogP contribution in [0, 0.1) is 5.82 Å². The molecule has 106 valence electrons. The second-order valence-corrected chi connectivity index (χ2v) is 4.87. The maximum absolute atomic E-state index is 12.8. The Morgan fingerprint density at radius 3 is 2.35 bits per heavy atom. The van der Waals surface area contributed by atoms with Crippen LogP contribution in [0.15, 0.2) is 54.6 Å². The third-order valence-corrected chi connectivity index (χ3v) is 3.47. The van der Waals surface area contributed by atoms with E-state index >= 15 is 0 Å². The molecule has 0 radical (unpaired) electrons. The lowest BCUT2D eigenvalue weighted by Gasteiger charge is -2.25. The lowest BCUT2D eigenvalue weighted by molar-refractivity contribution is 0.201. The molecule has 2 aromatic rings. The van der Waals surface area contributed by atoms with Crippen molar-refractivity contribution in [2.24, 2.45) is 0 Å². The lowest BCUT2D eigenvalue weighted by atomic mass is 10.1. The fraction of sp³-hybridized carbons (Fsp3) is 0.294. The van der Waals surface area contributed by atoms with E-state index in [0.29, 0.717) is 18.4 Å². The van der Waals surface area contributed by atoms with Gasteiger partial charge in [-0.25, -0.2) is 4.39 Å². The normalized spacial score (nSPS) is 12.4. The fourth-order valence-corrected chi connectivity index (χ4v) is 2.02. The van der Waals surface area contributed by atoms with Crippen LogP contribution in [0.2, 0.25) is 0 Å². The van der Waals surface area contributed by atoms with E-state index < -0.39 is 0 Å². The molecule has 2 rings (SSSR count). The molecule has 3 heteroatoms. The maximum Gasteiger partial charge on any atom is 0.123 e. The Morgan fingerprint density at radius 1 is 1.05 bits per heavy atom. The molecule has 0 heterocycles. The Kier molecular flexibility index (Phi) is 5.13. The molecule has 0 aromatic heterocycles. The first kappa shape index (κ1) is 14.5. The zero-order valence-corrected chi connectivity index (χ0v) is 11.9. The molecule has 2 aromatic carbocycles. The summed E-state index contributed by atoms with van der Waals surface area (Å²) in [6, 6.07) is 16.8. The Labute approximate surface area is 119 Å². The van der Waals surface area contributed by atoms with Gasteiger partial charge < -0.3 is 4.74 Å². The van der Waals surface area contributed by atoms with Gasteiger partial charge in [-0.2, -0.15) is 0 Å². The number of likely N-dealkylation sites (N-methyl/N-ethyl adjacent to an activating group) is 1. The summed E-state index contributed by atoms with van der Waals surface area (Å²) in [4.78, 5) is 2.23. The summed E-state index contributed by atoms with van der Waals surface area (Å²) < 4.78 is 18.4. The van der Waals surface area contributed by atoms with Crippen LogP contribution in [0.4, 0.5) is 4.39 Å². The quantitative estimate of drug-likeness (QED) is 0.791. The average molecular weight is 273 g/mol. The number of benzene rings is 2. The van der Waals surface area contributed by atoms with Crippen molar-refractivity contribution < 1.29 is 9.13 Å². The molecule has 0 N–H and O–H groups in total. The molecule has 0 spiro atoms. The average Bonchev–Trinajstić information content (AvgIpc) is 2.49. The third-order valence-electron chi connectivity index (χ3n) is 3.47. The van der Waals surface area contributed by atoms with Gasteiger partial charge in [0.15, 0.2) is 0 Å². The zero-order valence-electron chi connectivity index (χ0n) is 11.9. The first-order valence-corrected chi connectivity index (χ1v) is 6.80. The third kappa shape index (κ3) is 4.07. The molecule has 1 unspecified atom stereocenters. The van der Waals surface area contributed by atoms with Crippen LogP contribution in [0.3, 0.4) is 0 Å². The highest BCUT2D eigenvalue weighted by Gasteiger charge is 2.10. The van der Waals surface area contributed by atoms with Crippen LogP contribution in [0.5, 0.6) is 5.75 Å². The number of hydrogen-bond donors (Lipinski definition) is 0. The minimum Gasteiger partial charge on any atom is -0.492 e. The van der Waals surface area contributed by atoms with Gasteiger partial charge in [0.2, 0.25) is 0 Å². The molecule has 0 amide bonds. The second-order valence-electron chi connectivity index (χ2n) is 4.87. The predicted molar refractivity (Wildman–Crippen MR) is 79.4 cm³/mol. The van der Waals surface area contributed by atoms with Crippen molar-refractivity contribution in [3.8, 4) is 5.75 Å². The maximum atomic E-state index is 12.8. The molecule has 0 aliphatic rings. The Morgan fingerprint density at radius 2 is 1.70 bits per heavy atom. The van der Waals surface area contributed by atoms with E-state index in [4.69, 9.17) is 4.74 Å². The molecule has 0 bridgehead atoms. The van der Waals surface area contributed by atoms with Crippen molar-refractivity contribution in [2.45, 2.75) is 13.0 Å². The van der Waals surface area contributed by atoms with Gasteiger partial charge in [0.25, 0.3) is 0 Å². The SMILES string of the molecule is CC(c1ccccc1)N(C)CCOc1ccc(F)cc1. The van der Waals surface area contributed by atoms with E-state index in [-0.39, 0.29) is 5.82 Å². The number of rotatable bonds is 6. The highest BCUT2D eigenvalue weighted by molar-refractivity contribution is 5.22. The number of halogens is 1. The first-order valence-electron chi connectivity index (χ1n) is 6.80. The van der Waals surface area contributed by atoms with Crippen molar-refractivity contribution in [3.05, 3.63) is 66.0 Å². The van der Waals surface area contributed by atoms with Gasteiger partial charge in [0.1, 0.15) is 18.2 Å². The molecule has 20 heavy (non-hydrogen) atoms. The Bertz CT molecular complexity index is 512. The summed E-state index contributed by atoms with van der Waals surface area (Å²) in [5, 5.41) is 0. The highest BCUT2D eigenvalue weighted by atomic mass is 19.1. The van der Waals surface area contributed by atoms with E-state index in [0.717, 1.165) is 6.54 Å². The van der Waals surface area contributed by atoms with Gasteiger partial charge in [-0.05, 0) is 43.8 Å². The second kappa shape index (κ2) is 7.06. The summed E-state index contributed by atoms with van der Waals surface area (Å²) in [6.07, 6.45) is 0. The van der Waals surface area contributed by atoms with Gasteiger partial charge in [-0.3, -0.25) is 4.90 Å². The van der Waals surface area contributed by atoms with Gasteiger partial charge >= 0.3 is 0 Å². The molecule has 0 fully saturated rings. The molecule has 0 saturated heterocycles. The number of hydrogen-bond acceptors (Lipinski definition) is 2. The predicted octanol–water partition coefficient (Wildman–Crippen LogP) is 3.90. The minimum absolute atomic E-state index is 0.243. The van der Waals surface area contributed by atoms with E-state index in [2.05, 4.69) is 43.1 Å². The first-order chi connectivity index (χ1) is 9.66. The van der Waals surface area contributed by atoms with Gasteiger partial charge in [0.05, 0.1) is 0 Å². The van der Waals surface area contributed by atoms with E-state index in [9.17, 15) is 4.39 Å². The molecule has 0 aliphatic heterocycles. The van der Waals surface area contributed by atoms with Crippen molar-refractivity contribution >= 4 is 0 Å². The van der Waals surface area contributed by atoms with E-state index in [1.54, 1.807) is 12.1 Å². The molecule has 0 aliphatic carbocycles. The standard InChI is InChI=1S/C17H20FNO/c1-14(15-6-4-3-5-7-15)19(2)12-13-20-17-10-8-16(18)9-11-17/h3-11,14H,12-13H2,1-2H3. The summed E-state index contributed by atoms with van der Waals surface area (Å²) in [5.74, 6) is 0.458. The summed E-state index contributed by atoms with van der Waals surface area (Å²) in [6.45, 7) is 3.57. The zero-order chi connectivity index (χ0) is 14.4. The van der Waals surface area contributed by atoms with Gasteiger partial charge in [-0.1, -0.05) is 30.3 Å². The van der Waals surface area contributed by atoms with Crippen molar-refractivity contribution in [1.82, 2.24) is 4.90 Å². The van der Waals surface area contributed by atoms with Gasteiger partial charge in [-0.15, -0.1) is 0 Å². The molecular formula is C17H20FNO.